The Balaban J connectivity index is 1.53. The van der Waals surface area contributed by atoms with Crippen molar-refractivity contribution in [1.29, 1.82) is 0 Å². The van der Waals surface area contributed by atoms with Crippen LogP contribution in [0.3, 0.4) is 0 Å². The van der Waals surface area contributed by atoms with Crippen LogP contribution in [0.2, 0.25) is 0 Å². The molecule has 17 heteroatoms. The number of nitrogens with one attached hydrogen (secondary N) is 1. The summed E-state index contributed by atoms with van der Waals surface area (Å²) in [5, 5.41) is 16.9. The van der Waals surface area contributed by atoms with E-state index in [9.17, 15) is 14.3 Å². The molecule has 0 aliphatic rings. The van der Waals surface area contributed by atoms with Crippen LogP contribution in [0.15, 0.2) is 66.4 Å². The molecule has 0 fully saturated rings. The van der Waals surface area contributed by atoms with Gasteiger partial charge < -0.3 is 19.8 Å². The summed E-state index contributed by atoms with van der Waals surface area (Å²) >= 11 is 0. The molecule has 2 aromatic carbocycles. The highest BCUT2D eigenvalue weighted by molar-refractivity contribution is 7.39. The molecule has 15 nitrogen and oxygen atoms in total. The summed E-state index contributed by atoms with van der Waals surface area (Å²) in [4.78, 5) is 50.7. The maximum absolute atomic E-state index is 12.6. The van der Waals surface area contributed by atoms with Gasteiger partial charge in [0.25, 0.3) is 0 Å². The fraction of sp³-hybridized carbons (Fsp3) is 0.304. The van der Waals surface area contributed by atoms with Crippen molar-refractivity contribution in [2.45, 2.75) is 38.3 Å². The lowest BCUT2D eigenvalue weighted by Gasteiger charge is -2.19. The van der Waals surface area contributed by atoms with Gasteiger partial charge in [-0.05, 0) is 28.0 Å². The summed E-state index contributed by atoms with van der Waals surface area (Å²) in [6, 6.07) is 16.7. The Morgan fingerprint density at radius 3 is 2.60 bits per heavy atom. The second kappa shape index (κ2) is 15.3. The number of carbonyl (C=O) groups is 1. The monoisotopic (exact) mass is 593 g/mol. The van der Waals surface area contributed by atoms with Gasteiger partial charge in [-0.25, -0.2) is 0 Å². The predicted molar refractivity (Wildman–Crippen MR) is 141 cm³/mol. The van der Waals surface area contributed by atoms with Crippen LogP contribution in [-0.2, 0) is 42.7 Å². The van der Waals surface area contributed by atoms with Gasteiger partial charge in [0, 0.05) is 34.7 Å². The number of aromatic nitrogens is 4. The number of amides is 1. The molecule has 0 aliphatic carbocycles. The topological polar surface area (TPSA) is 208 Å². The predicted octanol–water partition coefficient (Wildman–Crippen LogP) is 2.66. The molecule has 4 N–H and O–H groups in total. The molecule has 3 aromatic rings. The smallest absolute Gasteiger partial charge is 0.471 e. The van der Waals surface area contributed by atoms with Crippen molar-refractivity contribution in [1.82, 2.24) is 25.5 Å². The Hall–Kier alpha value is -3.55. The maximum Gasteiger partial charge on any atom is 0.700 e. The lowest BCUT2D eigenvalue weighted by atomic mass is 10.0. The number of rotatable bonds is 17. The summed E-state index contributed by atoms with van der Waals surface area (Å²) in [5.74, 6) is -2.04. The largest absolute Gasteiger partial charge is 0.700 e. The number of benzene rings is 2. The van der Waals surface area contributed by atoms with Gasteiger partial charge in [-0.2, -0.15) is 4.68 Å². The lowest BCUT2D eigenvalue weighted by Crippen LogP contribution is -2.32. The molecule has 40 heavy (non-hydrogen) atoms. The minimum Gasteiger partial charge on any atom is -0.471 e. The van der Waals surface area contributed by atoms with E-state index >= 15 is 0 Å². The van der Waals surface area contributed by atoms with E-state index in [4.69, 9.17) is 19.4 Å². The first kappa shape index (κ1) is 31.0. The van der Waals surface area contributed by atoms with E-state index in [0.29, 0.717) is 29.1 Å². The van der Waals surface area contributed by atoms with Gasteiger partial charge in [-0.3, -0.25) is 9.32 Å². The van der Waals surface area contributed by atoms with Crippen molar-refractivity contribution < 1.29 is 37.8 Å². The highest BCUT2D eigenvalue weighted by atomic mass is 31.2. The molecule has 0 aliphatic heterocycles. The van der Waals surface area contributed by atoms with Crippen molar-refractivity contribution in [2.24, 2.45) is 5.18 Å². The Bertz CT molecular complexity index is 1310. The first-order chi connectivity index (χ1) is 19.2. The molecule has 212 valence electrons. The molecule has 1 amide bonds. The molecular weight excluding hydrogens is 566 g/mol. The quantitative estimate of drug-likeness (QED) is 0.0586. The third kappa shape index (κ3) is 9.57. The standard InChI is InChI=1S/C23H26N6O9P2/c1-17(36-16-29-21(25-27-28-29)14-18-8-3-2-4-9-18)20-11-6-5-10-19(20)15-22(30)24-13-7-12-23(26-31,37-39(32)33)38-40(34)35/h2-6,8-11,32-33H,1,7,12-16H2,(H-,24,30,34,35)/p+1. The van der Waals surface area contributed by atoms with Gasteiger partial charge in [0.15, 0.2) is 12.6 Å². The summed E-state index contributed by atoms with van der Waals surface area (Å²) < 4.78 is 27.3. The van der Waals surface area contributed by atoms with Crippen molar-refractivity contribution >= 4 is 28.5 Å². The SMILES string of the molecule is C=C(OCn1nnnc1Cc1ccccc1)c1ccccc1CC(=O)NCCCC(N=O)(OP(O)O)O[P+](=O)O. The second-order valence-corrected chi connectivity index (χ2v) is 9.56. The van der Waals surface area contributed by atoms with E-state index in [1.54, 1.807) is 24.3 Å². The van der Waals surface area contributed by atoms with Crippen molar-refractivity contribution in [2.75, 3.05) is 6.54 Å². The number of nitrogens with zero attached hydrogens (tertiary/aromatic N) is 5. The Kier molecular flexibility index (Phi) is 11.8. The highest BCUT2D eigenvalue weighted by Gasteiger charge is 2.46. The van der Waals surface area contributed by atoms with Gasteiger partial charge in [0.1, 0.15) is 5.76 Å². The molecule has 0 saturated heterocycles. The first-order valence-electron chi connectivity index (χ1n) is 11.7. The zero-order valence-corrected chi connectivity index (χ0v) is 22.9. The van der Waals surface area contributed by atoms with E-state index in [0.717, 1.165) is 5.56 Å². The van der Waals surface area contributed by atoms with Crippen LogP contribution >= 0.6 is 16.9 Å². The molecule has 3 rings (SSSR count). The normalized spacial score (nSPS) is 12.9. The fourth-order valence-corrected chi connectivity index (χ4v) is 4.49. The number of hydrogen-bond acceptors (Lipinski definition) is 12. The molecule has 0 radical (unpaired) electrons. The summed E-state index contributed by atoms with van der Waals surface area (Å²) in [5.41, 5.74) is 2.27. The molecular formula is C23H27N6O9P2+. The number of ether oxygens (including phenoxy) is 1. The summed E-state index contributed by atoms with van der Waals surface area (Å²) in [6.07, 6.45) is 0.0535. The van der Waals surface area contributed by atoms with Crippen LogP contribution in [-0.4, -0.2) is 53.3 Å². The average Bonchev–Trinajstić information content (AvgIpc) is 3.36. The maximum atomic E-state index is 12.6. The molecule has 2 atom stereocenters. The summed E-state index contributed by atoms with van der Waals surface area (Å²) in [6.45, 7) is 3.99. The van der Waals surface area contributed by atoms with Crippen molar-refractivity contribution in [3.8, 4) is 0 Å². The molecule has 0 bridgehead atoms. The lowest BCUT2D eigenvalue weighted by molar-refractivity contribution is -0.124. The molecule has 0 spiro atoms. The van der Waals surface area contributed by atoms with E-state index < -0.39 is 29.2 Å². The fourth-order valence-electron chi connectivity index (χ4n) is 3.60. The van der Waals surface area contributed by atoms with E-state index in [-0.39, 0.29) is 32.0 Å². The molecule has 1 heterocycles. The minimum atomic E-state index is -3.33. The third-order valence-corrected chi connectivity index (χ3v) is 6.31. The number of hydrogen-bond donors (Lipinski definition) is 4. The highest BCUT2D eigenvalue weighted by Crippen LogP contribution is 2.41. The van der Waals surface area contributed by atoms with Gasteiger partial charge >= 0.3 is 22.8 Å². The molecule has 1 aromatic heterocycles. The van der Waals surface area contributed by atoms with Gasteiger partial charge in [0.2, 0.25) is 5.91 Å². The van der Waals surface area contributed by atoms with Crippen LogP contribution in [0.1, 0.15) is 35.4 Å². The van der Waals surface area contributed by atoms with Crippen molar-refractivity contribution in [3.05, 3.63) is 88.6 Å². The zero-order chi connectivity index (χ0) is 29.0. The van der Waals surface area contributed by atoms with E-state index in [1.165, 1.54) is 4.68 Å². The Morgan fingerprint density at radius 2 is 1.90 bits per heavy atom. The van der Waals surface area contributed by atoms with Crippen LogP contribution in [0.5, 0.6) is 0 Å². The van der Waals surface area contributed by atoms with E-state index in [2.05, 4.69) is 41.6 Å². The zero-order valence-electron chi connectivity index (χ0n) is 21.1. The van der Waals surface area contributed by atoms with Gasteiger partial charge in [0.05, 0.1) is 6.42 Å². The number of nitroso groups, excluding NO2 is 1. The Morgan fingerprint density at radius 1 is 1.18 bits per heavy atom. The van der Waals surface area contributed by atoms with Crippen LogP contribution in [0.25, 0.3) is 5.76 Å². The average molecular weight is 593 g/mol. The third-order valence-electron chi connectivity index (χ3n) is 5.42. The van der Waals surface area contributed by atoms with Crippen LogP contribution < -0.4 is 5.32 Å². The number of carbonyl (C=O) groups excluding carboxylic acids is 1. The first-order valence-corrected chi connectivity index (χ1v) is 14.0. The van der Waals surface area contributed by atoms with Crippen LogP contribution in [0.4, 0.5) is 0 Å². The Labute approximate surface area is 230 Å². The molecule has 0 saturated carbocycles. The number of tetrazole rings is 1. The van der Waals surface area contributed by atoms with E-state index in [1.807, 2.05) is 30.3 Å². The summed E-state index contributed by atoms with van der Waals surface area (Å²) in [7, 11) is -6.44. The van der Waals surface area contributed by atoms with Gasteiger partial charge in [-0.15, -0.1) is 14.9 Å². The molecule has 2 unspecified atom stereocenters. The second-order valence-electron chi connectivity index (χ2n) is 8.22. The van der Waals surface area contributed by atoms with Gasteiger partial charge in [-0.1, -0.05) is 65.7 Å². The van der Waals surface area contributed by atoms with Crippen molar-refractivity contribution in [3.63, 3.8) is 0 Å². The van der Waals surface area contributed by atoms with Crippen LogP contribution in [0, 0.1) is 4.91 Å². The minimum absolute atomic E-state index is 0.00144.